The van der Waals surface area contributed by atoms with Gasteiger partial charge in [0.05, 0.1) is 0 Å². The number of hydrogen-bond acceptors (Lipinski definition) is 8. The molecule has 56 heavy (non-hydrogen) atoms. The van der Waals surface area contributed by atoms with Gasteiger partial charge in [-0.25, -0.2) is 9.59 Å². The van der Waals surface area contributed by atoms with Gasteiger partial charge in [0.25, 0.3) is 0 Å². The first kappa shape index (κ1) is 40.2. The van der Waals surface area contributed by atoms with E-state index in [1.54, 1.807) is 19.1 Å². The molecule has 15 heteroatoms. The topological polar surface area (TPSA) is 187 Å². The van der Waals surface area contributed by atoms with E-state index in [1.807, 2.05) is 56.3 Å². The fourth-order valence-electron chi connectivity index (χ4n) is 8.20. The number of carbonyl (C=O) groups excluding carboxylic acids is 7. The zero-order chi connectivity index (χ0) is 39.9. The second-order valence-corrected chi connectivity index (χ2v) is 15.4. The van der Waals surface area contributed by atoms with Crippen molar-refractivity contribution in [1.29, 1.82) is 0 Å². The first-order valence-corrected chi connectivity index (χ1v) is 19.8. The van der Waals surface area contributed by atoms with Crippen LogP contribution in [-0.2, 0) is 46.3 Å². The zero-order valence-corrected chi connectivity index (χ0v) is 32.3. The lowest BCUT2D eigenvalue weighted by Crippen LogP contribution is -2.62. The van der Waals surface area contributed by atoms with Gasteiger partial charge in [0.2, 0.25) is 29.5 Å². The maximum absolute atomic E-state index is 14.5. The standard InChI is InChI=1S/C41H53N7O8/c1-4-27-15-17-29(18-16-27)43-41(55)45-30(22-28-11-6-5-7-12-28)35(49)44-31-24-56-40(54)34-21-25(2)23-48(34)37(51)26(3)42-36(50)32-13-8-9-19-46(32)39(53)33-14-10-20-47(33)38(31)52/h5-7,11-12,15-18,25-26,30-34H,4,8-10,13-14,19-24H2,1-3H3,(H,42,50)(H,44,49)(H2,43,45,55). The molecule has 2 aromatic rings. The van der Waals surface area contributed by atoms with Crippen LogP contribution in [0.15, 0.2) is 54.6 Å². The number of aryl methyl sites for hydroxylation is 1. The van der Waals surface area contributed by atoms with Crippen LogP contribution in [0.2, 0.25) is 0 Å². The number of hydrogen-bond donors (Lipinski definition) is 4. The van der Waals surface area contributed by atoms with Gasteiger partial charge < -0.3 is 40.7 Å². The van der Waals surface area contributed by atoms with E-state index in [-0.39, 0.29) is 31.3 Å². The Morgan fingerprint density at radius 3 is 2.23 bits per heavy atom. The molecule has 0 aliphatic carbocycles. The Hall–Kier alpha value is -5.47. The average molecular weight is 772 g/mol. The monoisotopic (exact) mass is 771 g/mol. The largest absolute Gasteiger partial charge is 0.461 e. The molecule has 4 aliphatic rings. The average Bonchev–Trinajstić information content (AvgIpc) is 3.86. The fourth-order valence-corrected chi connectivity index (χ4v) is 8.20. The molecule has 4 heterocycles. The molecular weight excluding hydrogens is 718 g/mol. The van der Waals surface area contributed by atoms with E-state index in [0.29, 0.717) is 50.8 Å². The van der Waals surface area contributed by atoms with Crippen LogP contribution >= 0.6 is 0 Å². The molecule has 0 bridgehead atoms. The number of carbonyl (C=O) groups is 7. The number of ether oxygens (including phenoxy) is 1. The number of amides is 7. The van der Waals surface area contributed by atoms with E-state index >= 15 is 0 Å². The van der Waals surface area contributed by atoms with E-state index in [4.69, 9.17) is 4.74 Å². The molecule has 7 atom stereocenters. The van der Waals surface area contributed by atoms with E-state index < -0.39 is 78.5 Å². The van der Waals surface area contributed by atoms with E-state index in [0.717, 1.165) is 17.5 Å². The second-order valence-electron chi connectivity index (χ2n) is 15.4. The number of nitrogens with zero attached hydrogens (tertiary/aromatic N) is 3. The maximum atomic E-state index is 14.5. The van der Waals surface area contributed by atoms with E-state index in [9.17, 15) is 33.6 Å². The van der Waals surface area contributed by atoms with Crippen molar-refractivity contribution in [3.05, 3.63) is 65.7 Å². The second kappa shape index (κ2) is 18.0. The molecule has 2 aromatic carbocycles. The highest BCUT2D eigenvalue weighted by atomic mass is 16.5. The maximum Gasteiger partial charge on any atom is 0.328 e. The molecule has 4 aliphatic heterocycles. The third-order valence-corrected chi connectivity index (χ3v) is 11.2. The van der Waals surface area contributed by atoms with Crippen LogP contribution in [0.1, 0.15) is 70.4 Å². The van der Waals surface area contributed by atoms with Crippen LogP contribution in [0.5, 0.6) is 0 Å². The Morgan fingerprint density at radius 2 is 1.50 bits per heavy atom. The van der Waals surface area contributed by atoms with Gasteiger partial charge in [-0.05, 0) is 81.0 Å². The lowest BCUT2D eigenvalue weighted by atomic mass is 9.99. The van der Waals surface area contributed by atoms with Gasteiger partial charge in [-0.3, -0.25) is 24.0 Å². The molecule has 7 unspecified atom stereocenters. The summed E-state index contributed by atoms with van der Waals surface area (Å²) in [5.74, 6) is -3.43. The van der Waals surface area contributed by atoms with Crippen LogP contribution in [-0.4, -0.2) is 119 Å². The number of esters is 1. The highest BCUT2D eigenvalue weighted by molar-refractivity contribution is 5.98. The van der Waals surface area contributed by atoms with Crippen LogP contribution < -0.4 is 21.3 Å². The van der Waals surface area contributed by atoms with Crippen molar-refractivity contribution in [2.45, 2.75) is 108 Å². The number of urea groups is 1. The molecule has 4 fully saturated rings. The number of anilines is 1. The van der Waals surface area contributed by atoms with Gasteiger partial charge in [0.1, 0.15) is 42.9 Å². The quantitative estimate of drug-likeness (QED) is 0.309. The van der Waals surface area contributed by atoms with Gasteiger partial charge in [-0.1, -0.05) is 56.3 Å². The molecular formula is C41H53N7O8. The van der Waals surface area contributed by atoms with Gasteiger partial charge in [0.15, 0.2) is 0 Å². The molecule has 7 amide bonds. The number of cyclic esters (lactones) is 1. The predicted octanol–water partition coefficient (Wildman–Crippen LogP) is 2.14. The number of fused-ring (bicyclic) bond motifs is 3. The van der Waals surface area contributed by atoms with Crippen molar-refractivity contribution in [2.75, 3.05) is 31.6 Å². The normalized spacial score (nSPS) is 26.7. The Labute approximate surface area is 327 Å². The molecule has 0 aromatic heterocycles. The Balaban J connectivity index is 1.29. The summed E-state index contributed by atoms with van der Waals surface area (Å²) in [6.07, 6.45) is 3.87. The molecule has 4 saturated heterocycles. The Bertz CT molecular complexity index is 1790. The smallest absolute Gasteiger partial charge is 0.328 e. The third kappa shape index (κ3) is 9.31. The molecule has 15 nitrogen and oxygen atoms in total. The van der Waals surface area contributed by atoms with Gasteiger partial charge in [-0.2, -0.15) is 0 Å². The van der Waals surface area contributed by atoms with Crippen LogP contribution in [0, 0.1) is 5.92 Å². The van der Waals surface area contributed by atoms with Crippen LogP contribution in [0.4, 0.5) is 10.5 Å². The minimum absolute atomic E-state index is 0.0454. The SMILES string of the molecule is CCc1ccc(NC(=O)NC(Cc2ccccc2)C(=O)NC2COC(=O)C3CC(C)CN3C(=O)C(C)NC(=O)C3CCCCN3C(=O)C3CCCN3C2=O)cc1. The van der Waals surface area contributed by atoms with Crippen molar-refractivity contribution in [3.8, 4) is 0 Å². The zero-order valence-electron chi connectivity index (χ0n) is 32.3. The first-order valence-electron chi connectivity index (χ1n) is 19.8. The first-order chi connectivity index (χ1) is 26.9. The number of benzene rings is 2. The Kier molecular flexibility index (Phi) is 12.9. The summed E-state index contributed by atoms with van der Waals surface area (Å²) in [7, 11) is 0. The third-order valence-electron chi connectivity index (χ3n) is 11.2. The minimum Gasteiger partial charge on any atom is -0.461 e. The summed E-state index contributed by atoms with van der Waals surface area (Å²) in [5.41, 5.74) is 2.37. The molecule has 0 saturated carbocycles. The summed E-state index contributed by atoms with van der Waals surface area (Å²) in [6.45, 7) is 5.72. The molecule has 0 radical (unpaired) electrons. The highest BCUT2D eigenvalue weighted by Gasteiger charge is 2.46. The Morgan fingerprint density at radius 1 is 0.804 bits per heavy atom. The number of rotatable bonds is 7. The fraction of sp³-hybridized carbons (Fsp3) is 0.537. The van der Waals surface area contributed by atoms with Gasteiger partial charge in [0, 0.05) is 31.7 Å². The molecule has 300 valence electrons. The van der Waals surface area contributed by atoms with Crippen molar-refractivity contribution in [3.63, 3.8) is 0 Å². The van der Waals surface area contributed by atoms with E-state index in [1.165, 1.54) is 14.7 Å². The van der Waals surface area contributed by atoms with Gasteiger partial charge in [-0.15, -0.1) is 0 Å². The van der Waals surface area contributed by atoms with Crippen LogP contribution in [0.25, 0.3) is 0 Å². The lowest BCUT2D eigenvalue weighted by molar-refractivity contribution is -0.158. The van der Waals surface area contributed by atoms with Crippen molar-refractivity contribution in [1.82, 2.24) is 30.7 Å². The lowest BCUT2D eigenvalue weighted by Gasteiger charge is -2.39. The molecule has 4 N–H and O–H groups in total. The summed E-state index contributed by atoms with van der Waals surface area (Å²) < 4.78 is 5.75. The summed E-state index contributed by atoms with van der Waals surface area (Å²) >= 11 is 0. The summed E-state index contributed by atoms with van der Waals surface area (Å²) in [5, 5.41) is 11.1. The summed E-state index contributed by atoms with van der Waals surface area (Å²) in [4.78, 5) is 102. The van der Waals surface area contributed by atoms with Crippen LogP contribution in [0.3, 0.4) is 0 Å². The molecule has 6 rings (SSSR count). The minimum atomic E-state index is -1.43. The van der Waals surface area contributed by atoms with Crippen molar-refractivity contribution >= 4 is 47.2 Å². The molecule has 0 spiro atoms. The van der Waals surface area contributed by atoms with E-state index in [2.05, 4.69) is 21.3 Å². The number of nitrogens with one attached hydrogen (secondary N) is 4. The predicted molar refractivity (Wildman–Crippen MR) is 206 cm³/mol. The summed E-state index contributed by atoms with van der Waals surface area (Å²) in [6, 6.07) is 9.50. The van der Waals surface area contributed by atoms with Crippen molar-refractivity contribution < 1.29 is 38.3 Å². The number of piperidine rings is 1. The van der Waals surface area contributed by atoms with Gasteiger partial charge >= 0.3 is 12.0 Å². The van der Waals surface area contributed by atoms with Crippen molar-refractivity contribution in [2.24, 2.45) is 5.92 Å². The highest BCUT2D eigenvalue weighted by Crippen LogP contribution is 2.28.